The highest BCUT2D eigenvalue weighted by Crippen LogP contribution is 2.27. The van der Waals surface area contributed by atoms with E-state index in [4.69, 9.17) is 23.2 Å². The summed E-state index contributed by atoms with van der Waals surface area (Å²) in [7, 11) is 0. The third kappa shape index (κ3) is 7.09. The minimum absolute atomic E-state index is 0.0663. The molecule has 0 spiro atoms. The molecule has 0 heterocycles. The number of carbonyl (C=O) groups is 2. The van der Waals surface area contributed by atoms with Gasteiger partial charge in [0.15, 0.2) is 0 Å². The first-order chi connectivity index (χ1) is 16.2. The Hall–Kier alpha value is -2.82. The molecule has 0 saturated heterocycles. The molecule has 3 rings (SSSR count). The maximum absolute atomic E-state index is 13.7. The van der Waals surface area contributed by atoms with Crippen LogP contribution >= 0.6 is 23.2 Å². The lowest BCUT2D eigenvalue weighted by atomic mass is 10.0. The van der Waals surface area contributed by atoms with Gasteiger partial charge in [-0.25, -0.2) is 0 Å². The molecule has 0 bridgehead atoms. The third-order valence-electron chi connectivity index (χ3n) is 5.53. The van der Waals surface area contributed by atoms with Gasteiger partial charge in [-0.2, -0.15) is 0 Å². The molecule has 0 aliphatic rings. The van der Waals surface area contributed by atoms with E-state index in [0.29, 0.717) is 22.0 Å². The molecule has 34 heavy (non-hydrogen) atoms. The number of amides is 2. The predicted octanol–water partition coefficient (Wildman–Crippen LogP) is 6.01. The van der Waals surface area contributed by atoms with Crippen LogP contribution in [-0.2, 0) is 29.0 Å². The van der Waals surface area contributed by atoms with Gasteiger partial charge in [0.25, 0.3) is 0 Å². The molecule has 0 radical (unpaired) electrons. The van der Waals surface area contributed by atoms with Crippen LogP contribution in [0.2, 0.25) is 10.0 Å². The topological polar surface area (TPSA) is 49.4 Å². The van der Waals surface area contributed by atoms with Crippen molar-refractivity contribution >= 4 is 35.0 Å². The first-order valence-corrected chi connectivity index (χ1v) is 12.1. The summed E-state index contributed by atoms with van der Waals surface area (Å²) in [6.07, 6.45) is 0.547. The van der Waals surface area contributed by atoms with Crippen molar-refractivity contribution in [1.82, 2.24) is 10.2 Å². The number of carbonyl (C=O) groups excluding carboxylic acids is 2. The average molecular weight is 497 g/mol. The van der Waals surface area contributed by atoms with Gasteiger partial charge in [0.1, 0.15) is 6.04 Å². The summed E-state index contributed by atoms with van der Waals surface area (Å²) in [6.45, 7) is 5.93. The van der Waals surface area contributed by atoms with Gasteiger partial charge in [0.2, 0.25) is 11.8 Å². The van der Waals surface area contributed by atoms with Crippen molar-refractivity contribution in [1.29, 1.82) is 0 Å². The lowest BCUT2D eigenvalue weighted by molar-refractivity contribution is -0.141. The second-order valence-electron chi connectivity index (χ2n) is 8.76. The molecular weight excluding hydrogens is 467 g/mol. The zero-order valence-electron chi connectivity index (χ0n) is 19.7. The summed E-state index contributed by atoms with van der Waals surface area (Å²) in [6, 6.07) is 22.0. The number of nitrogens with zero attached hydrogens (tertiary/aromatic N) is 1. The van der Waals surface area contributed by atoms with Crippen LogP contribution in [0.5, 0.6) is 0 Å². The van der Waals surface area contributed by atoms with Crippen LogP contribution in [0.25, 0.3) is 0 Å². The zero-order valence-corrected chi connectivity index (χ0v) is 21.2. The highest BCUT2D eigenvalue weighted by molar-refractivity contribution is 6.36. The van der Waals surface area contributed by atoms with E-state index in [1.54, 1.807) is 23.1 Å². The number of rotatable bonds is 9. The summed E-state index contributed by atoms with van der Waals surface area (Å²) in [5.74, 6) is -0.374. The Morgan fingerprint density at radius 2 is 1.50 bits per heavy atom. The highest BCUT2D eigenvalue weighted by atomic mass is 35.5. The van der Waals surface area contributed by atoms with Crippen molar-refractivity contribution in [3.63, 3.8) is 0 Å². The normalized spacial score (nSPS) is 11.8. The largest absolute Gasteiger partial charge is 0.352 e. The Labute approximate surface area is 211 Å². The first kappa shape index (κ1) is 25.8. The number of hydrogen-bond acceptors (Lipinski definition) is 2. The van der Waals surface area contributed by atoms with E-state index in [9.17, 15) is 9.59 Å². The second kappa shape index (κ2) is 12.0. The van der Waals surface area contributed by atoms with Crippen molar-refractivity contribution in [3.8, 4) is 0 Å². The van der Waals surface area contributed by atoms with E-state index in [-0.39, 0.29) is 30.8 Å². The summed E-state index contributed by atoms with van der Waals surface area (Å²) >= 11 is 12.9. The predicted molar refractivity (Wildman–Crippen MR) is 139 cm³/mol. The molecule has 0 fully saturated rings. The zero-order chi connectivity index (χ0) is 24.7. The molecule has 6 heteroatoms. The Kier molecular flexibility index (Phi) is 9.14. The van der Waals surface area contributed by atoms with Crippen LogP contribution in [0.4, 0.5) is 0 Å². The number of hydrogen-bond donors (Lipinski definition) is 1. The molecule has 0 saturated carbocycles. The van der Waals surface area contributed by atoms with E-state index in [2.05, 4.69) is 5.32 Å². The van der Waals surface area contributed by atoms with Gasteiger partial charge in [-0.15, -0.1) is 0 Å². The minimum Gasteiger partial charge on any atom is -0.352 e. The molecule has 4 nitrogen and oxygen atoms in total. The number of benzene rings is 3. The summed E-state index contributed by atoms with van der Waals surface area (Å²) in [4.78, 5) is 28.7. The average Bonchev–Trinajstić information content (AvgIpc) is 2.78. The van der Waals surface area contributed by atoms with Crippen molar-refractivity contribution < 1.29 is 9.59 Å². The molecule has 0 aliphatic heterocycles. The fourth-order valence-corrected chi connectivity index (χ4v) is 4.40. The molecular formula is C28H30Cl2N2O2. The number of aryl methyl sites for hydroxylation is 1. The van der Waals surface area contributed by atoms with Gasteiger partial charge in [-0.05, 0) is 44.0 Å². The molecule has 0 aliphatic carbocycles. The van der Waals surface area contributed by atoms with E-state index in [1.807, 2.05) is 75.4 Å². The van der Waals surface area contributed by atoms with Crippen LogP contribution < -0.4 is 5.32 Å². The van der Waals surface area contributed by atoms with Crippen molar-refractivity contribution in [2.75, 3.05) is 0 Å². The van der Waals surface area contributed by atoms with E-state index in [1.165, 1.54) is 0 Å². The lowest BCUT2D eigenvalue weighted by Gasteiger charge is -2.32. The fraction of sp³-hybridized carbons (Fsp3) is 0.286. The molecule has 1 atom stereocenters. The number of nitrogens with one attached hydrogen (secondary N) is 1. The van der Waals surface area contributed by atoms with Crippen molar-refractivity contribution in [2.24, 2.45) is 0 Å². The Morgan fingerprint density at radius 1 is 0.882 bits per heavy atom. The molecule has 3 aromatic rings. The van der Waals surface area contributed by atoms with Crippen LogP contribution in [-0.4, -0.2) is 28.8 Å². The maximum atomic E-state index is 13.7. The van der Waals surface area contributed by atoms with E-state index < -0.39 is 6.04 Å². The second-order valence-corrected chi connectivity index (χ2v) is 9.57. The van der Waals surface area contributed by atoms with Crippen LogP contribution in [0.15, 0.2) is 72.8 Å². The van der Waals surface area contributed by atoms with Gasteiger partial charge >= 0.3 is 0 Å². The molecule has 3 aromatic carbocycles. The van der Waals surface area contributed by atoms with Gasteiger partial charge in [0, 0.05) is 34.6 Å². The lowest BCUT2D eigenvalue weighted by Crippen LogP contribution is -2.52. The van der Waals surface area contributed by atoms with Crippen molar-refractivity contribution in [2.45, 2.75) is 52.2 Å². The fourth-order valence-electron chi connectivity index (χ4n) is 3.89. The third-order valence-corrected chi connectivity index (χ3v) is 6.24. The van der Waals surface area contributed by atoms with E-state index in [0.717, 1.165) is 16.7 Å². The smallest absolute Gasteiger partial charge is 0.243 e. The Bertz CT molecular complexity index is 1110. The minimum atomic E-state index is -0.727. The van der Waals surface area contributed by atoms with Crippen molar-refractivity contribution in [3.05, 3.63) is 105 Å². The summed E-state index contributed by atoms with van der Waals surface area (Å²) in [5, 5.41) is 3.91. The van der Waals surface area contributed by atoms with Gasteiger partial charge < -0.3 is 10.2 Å². The summed E-state index contributed by atoms with van der Waals surface area (Å²) < 4.78 is 0. The number of halogens is 2. The summed E-state index contributed by atoms with van der Waals surface area (Å²) in [5.41, 5.74) is 3.55. The molecule has 1 unspecified atom stereocenters. The quantitative estimate of drug-likeness (QED) is 0.394. The first-order valence-electron chi connectivity index (χ1n) is 11.4. The standard InChI is InChI=1S/C28H30Cl2N2O2/c1-19(2)31-28(34)26(16-21-10-5-4-6-11-21)32(18-23-24(29)13-8-14-25(23)30)27(33)17-22-12-7-9-20(3)15-22/h4-15,19,26H,16-18H2,1-3H3,(H,31,34). The SMILES string of the molecule is Cc1cccc(CC(=O)N(Cc2c(Cl)cccc2Cl)C(Cc2ccccc2)C(=O)NC(C)C)c1. The Balaban J connectivity index is 2.02. The Morgan fingerprint density at radius 3 is 2.12 bits per heavy atom. The monoisotopic (exact) mass is 496 g/mol. The van der Waals surface area contributed by atoms with Gasteiger partial charge in [0.05, 0.1) is 6.42 Å². The molecule has 2 amide bonds. The molecule has 0 aromatic heterocycles. The maximum Gasteiger partial charge on any atom is 0.243 e. The molecule has 1 N–H and O–H groups in total. The molecule has 178 valence electrons. The van der Waals surface area contributed by atoms with E-state index >= 15 is 0 Å². The van der Waals surface area contributed by atoms with Crippen LogP contribution in [0.3, 0.4) is 0 Å². The van der Waals surface area contributed by atoms with Gasteiger partial charge in [-0.3, -0.25) is 9.59 Å². The highest BCUT2D eigenvalue weighted by Gasteiger charge is 2.31. The van der Waals surface area contributed by atoms with Crippen LogP contribution in [0.1, 0.15) is 36.1 Å². The van der Waals surface area contributed by atoms with Gasteiger partial charge in [-0.1, -0.05) is 89.4 Å². The van der Waals surface area contributed by atoms with Crippen LogP contribution in [0, 0.1) is 6.92 Å².